The van der Waals surface area contributed by atoms with Crippen molar-refractivity contribution >= 4 is 35.8 Å². The van der Waals surface area contributed by atoms with Gasteiger partial charge in [-0.3, -0.25) is 9.69 Å². The maximum Gasteiger partial charge on any atom is 0.242 e. The summed E-state index contributed by atoms with van der Waals surface area (Å²) in [6.45, 7) is 9.55. The van der Waals surface area contributed by atoms with Gasteiger partial charge in [0.05, 0.1) is 13.2 Å². The standard InChI is InChI=1S/C18H35N5O2.HI/c1-3-19-18(20-13-15(2)23-9-11-25-12-10-23)21-14-17(24)22-16-7-5-4-6-8-16;/h15-16H,3-14H2,1-2H3,(H,22,24)(H2,19,20,21);1H. The van der Waals surface area contributed by atoms with Crippen molar-refractivity contribution in [2.24, 2.45) is 4.99 Å². The molecule has 0 radical (unpaired) electrons. The lowest BCUT2D eigenvalue weighted by Gasteiger charge is -2.32. The molecule has 0 spiro atoms. The van der Waals surface area contributed by atoms with Crippen molar-refractivity contribution in [3.63, 3.8) is 0 Å². The van der Waals surface area contributed by atoms with Crippen LogP contribution in [0.3, 0.4) is 0 Å². The Kier molecular flexibility index (Phi) is 12.2. The van der Waals surface area contributed by atoms with E-state index in [2.05, 4.69) is 32.8 Å². The molecule has 1 heterocycles. The molecule has 2 aliphatic rings. The minimum atomic E-state index is 0. The lowest BCUT2D eigenvalue weighted by Crippen LogP contribution is -2.49. The van der Waals surface area contributed by atoms with E-state index >= 15 is 0 Å². The van der Waals surface area contributed by atoms with Gasteiger partial charge in [0.2, 0.25) is 5.91 Å². The maximum absolute atomic E-state index is 12.1. The van der Waals surface area contributed by atoms with Crippen LogP contribution in [0.5, 0.6) is 0 Å². The van der Waals surface area contributed by atoms with Crippen LogP contribution in [0, 0.1) is 0 Å². The lowest BCUT2D eigenvalue weighted by atomic mass is 9.95. The number of rotatable bonds is 7. The van der Waals surface area contributed by atoms with E-state index in [4.69, 9.17) is 4.74 Å². The number of aliphatic imine (C=N–C) groups is 1. The van der Waals surface area contributed by atoms with Crippen LogP contribution in [0.4, 0.5) is 0 Å². The number of carbonyl (C=O) groups excluding carboxylic acids is 1. The zero-order valence-electron chi connectivity index (χ0n) is 16.3. The molecule has 1 saturated heterocycles. The van der Waals surface area contributed by atoms with Crippen molar-refractivity contribution in [2.75, 3.05) is 45.9 Å². The highest BCUT2D eigenvalue weighted by molar-refractivity contribution is 14.0. The number of nitrogens with zero attached hydrogens (tertiary/aromatic N) is 2. The fourth-order valence-electron chi connectivity index (χ4n) is 3.40. The Balaban J connectivity index is 0.00000338. The highest BCUT2D eigenvalue weighted by Gasteiger charge is 2.18. The molecule has 2 fully saturated rings. The summed E-state index contributed by atoms with van der Waals surface area (Å²) < 4.78 is 5.40. The SMILES string of the molecule is CCNC(=NCC(=O)NC1CCCCC1)NCC(C)N1CCOCC1.I. The molecule has 0 aromatic heterocycles. The third-order valence-corrected chi connectivity index (χ3v) is 4.93. The van der Waals surface area contributed by atoms with Crippen molar-refractivity contribution in [2.45, 2.75) is 58.0 Å². The van der Waals surface area contributed by atoms with E-state index in [-0.39, 0.29) is 36.4 Å². The van der Waals surface area contributed by atoms with E-state index in [1.165, 1.54) is 19.3 Å². The van der Waals surface area contributed by atoms with Crippen molar-refractivity contribution < 1.29 is 9.53 Å². The molecule has 1 amide bonds. The minimum absolute atomic E-state index is 0. The average Bonchev–Trinajstić information content (AvgIpc) is 2.65. The Bertz CT molecular complexity index is 424. The van der Waals surface area contributed by atoms with Gasteiger partial charge in [0.25, 0.3) is 0 Å². The first-order valence-corrected chi connectivity index (χ1v) is 9.82. The number of hydrogen-bond donors (Lipinski definition) is 3. The molecule has 1 atom stereocenters. The van der Waals surface area contributed by atoms with Gasteiger partial charge in [-0.05, 0) is 26.7 Å². The molecular weight excluding hydrogens is 445 g/mol. The van der Waals surface area contributed by atoms with Crippen LogP contribution in [0.25, 0.3) is 0 Å². The quantitative estimate of drug-likeness (QED) is 0.291. The van der Waals surface area contributed by atoms with Gasteiger partial charge in [-0.25, -0.2) is 4.99 Å². The second kappa shape index (κ2) is 13.5. The van der Waals surface area contributed by atoms with Crippen LogP contribution >= 0.6 is 24.0 Å². The van der Waals surface area contributed by atoms with Crippen molar-refractivity contribution in [3.8, 4) is 0 Å². The molecule has 0 bridgehead atoms. The molecule has 7 nitrogen and oxygen atoms in total. The summed E-state index contributed by atoms with van der Waals surface area (Å²) in [6.07, 6.45) is 5.94. The second-order valence-electron chi connectivity index (χ2n) is 6.98. The maximum atomic E-state index is 12.1. The molecule has 26 heavy (non-hydrogen) atoms. The van der Waals surface area contributed by atoms with Crippen LogP contribution in [-0.2, 0) is 9.53 Å². The third-order valence-electron chi connectivity index (χ3n) is 4.93. The Morgan fingerprint density at radius 2 is 1.88 bits per heavy atom. The van der Waals surface area contributed by atoms with Gasteiger partial charge in [0.15, 0.2) is 5.96 Å². The Morgan fingerprint density at radius 3 is 2.54 bits per heavy atom. The van der Waals surface area contributed by atoms with Gasteiger partial charge in [0, 0.05) is 38.3 Å². The summed E-state index contributed by atoms with van der Waals surface area (Å²) in [6, 6.07) is 0.747. The minimum Gasteiger partial charge on any atom is -0.379 e. The normalized spacial score (nSPS) is 20.8. The average molecular weight is 481 g/mol. The number of hydrogen-bond acceptors (Lipinski definition) is 4. The van der Waals surface area contributed by atoms with E-state index in [0.717, 1.165) is 52.2 Å². The molecule has 0 aromatic rings. The summed E-state index contributed by atoms with van der Waals surface area (Å²) in [4.78, 5) is 19.0. The van der Waals surface area contributed by atoms with Gasteiger partial charge < -0.3 is 20.7 Å². The molecular formula is C18H36IN5O2. The molecule has 2 rings (SSSR count). The second-order valence-corrected chi connectivity index (χ2v) is 6.98. The molecule has 8 heteroatoms. The van der Waals surface area contributed by atoms with E-state index in [0.29, 0.717) is 18.0 Å². The summed E-state index contributed by atoms with van der Waals surface area (Å²) >= 11 is 0. The summed E-state index contributed by atoms with van der Waals surface area (Å²) in [5.41, 5.74) is 0. The van der Waals surface area contributed by atoms with E-state index < -0.39 is 0 Å². The van der Waals surface area contributed by atoms with Crippen molar-refractivity contribution in [1.29, 1.82) is 0 Å². The highest BCUT2D eigenvalue weighted by Crippen LogP contribution is 2.17. The first kappa shape index (κ1) is 23.4. The zero-order chi connectivity index (χ0) is 17.9. The van der Waals surface area contributed by atoms with Crippen LogP contribution < -0.4 is 16.0 Å². The topological polar surface area (TPSA) is 78.0 Å². The lowest BCUT2D eigenvalue weighted by molar-refractivity contribution is -0.120. The summed E-state index contributed by atoms with van der Waals surface area (Å²) in [5, 5.41) is 9.68. The molecule has 0 aromatic carbocycles. The smallest absolute Gasteiger partial charge is 0.242 e. The predicted molar refractivity (Wildman–Crippen MR) is 116 cm³/mol. The number of nitrogens with one attached hydrogen (secondary N) is 3. The third kappa shape index (κ3) is 8.85. The highest BCUT2D eigenvalue weighted by atomic mass is 127. The van der Waals surface area contributed by atoms with E-state index in [1.54, 1.807) is 0 Å². The first-order valence-electron chi connectivity index (χ1n) is 9.82. The van der Waals surface area contributed by atoms with Crippen molar-refractivity contribution in [1.82, 2.24) is 20.9 Å². The van der Waals surface area contributed by atoms with Gasteiger partial charge in [-0.2, -0.15) is 0 Å². The fraction of sp³-hybridized carbons (Fsp3) is 0.889. The molecule has 1 aliphatic heterocycles. The molecule has 1 aliphatic carbocycles. The van der Waals surface area contributed by atoms with Crippen LogP contribution in [0.15, 0.2) is 4.99 Å². The fourth-order valence-corrected chi connectivity index (χ4v) is 3.40. The monoisotopic (exact) mass is 481 g/mol. The van der Waals surface area contributed by atoms with Crippen molar-refractivity contribution in [3.05, 3.63) is 0 Å². The van der Waals surface area contributed by atoms with Crippen LogP contribution in [0.2, 0.25) is 0 Å². The zero-order valence-corrected chi connectivity index (χ0v) is 18.6. The molecule has 3 N–H and O–H groups in total. The number of guanidine groups is 1. The van der Waals surface area contributed by atoms with Gasteiger partial charge >= 0.3 is 0 Å². The van der Waals surface area contributed by atoms with Crippen LogP contribution in [0.1, 0.15) is 46.0 Å². The number of amides is 1. The summed E-state index contributed by atoms with van der Waals surface area (Å²) in [7, 11) is 0. The largest absolute Gasteiger partial charge is 0.379 e. The van der Waals surface area contributed by atoms with Crippen LogP contribution in [-0.4, -0.2) is 74.8 Å². The molecule has 152 valence electrons. The number of halogens is 1. The molecule has 1 unspecified atom stereocenters. The van der Waals surface area contributed by atoms with Gasteiger partial charge in [-0.15, -0.1) is 24.0 Å². The first-order chi connectivity index (χ1) is 12.2. The molecule has 1 saturated carbocycles. The predicted octanol–water partition coefficient (Wildman–Crippen LogP) is 1.33. The number of morpholine rings is 1. The summed E-state index contributed by atoms with van der Waals surface area (Å²) in [5.74, 6) is 0.728. The van der Waals surface area contributed by atoms with E-state index in [9.17, 15) is 4.79 Å². The van der Waals surface area contributed by atoms with E-state index in [1.807, 2.05) is 6.92 Å². The Hall–Kier alpha value is -0.610. The Labute approximate surface area is 175 Å². The Morgan fingerprint density at radius 1 is 1.19 bits per heavy atom. The van der Waals surface area contributed by atoms with Gasteiger partial charge in [-0.1, -0.05) is 19.3 Å². The number of ether oxygens (including phenoxy) is 1. The van der Waals surface area contributed by atoms with Gasteiger partial charge in [0.1, 0.15) is 6.54 Å². The number of carbonyl (C=O) groups is 1.